The van der Waals surface area contributed by atoms with Crippen LogP contribution in [0.5, 0.6) is 0 Å². The first-order valence-corrected chi connectivity index (χ1v) is 8.56. The van der Waals surface area contributed by atoms with Gasteiger partial charge in [-0.05, 0) is 37.2 Å². The van der Waals surface area contributed by atoms with E-state index in [4.69, 9.17) is 10.5 Å². The second-order valence-electron chi connectivity index (χ2n) is 6.58. The van der Waals surface area contributed by atoms with Crippen molar-refractivity contribution >= 4 is 5.91 Å². The van der Waals surface area contributed by atoms with Gasteiger partial charge in [-0.2, -0.15) is 0 Å². The number of rotatable bonds is 4. The second kappa shape index (κ2) is 7.43. The van der Waals surface area contributed by atoms with Crippen LogP contribution in [-0.2, 0) is 9.53 Å². The first-order valence-electron chi connectivity index (χ1n) is 8.56. The van der Waals surface area contributed by atoms with Crippen LogP contribution in [0.4, 0.5) is 0 Å². The lowest BCUT2D eigenvalue weighted by atomic mass is 9.87. The molecule has 0 aromatic heterocycles. The average Bonchev–Trinajstić information content (AvgIpc) is 3.10. The zero-order chi connectivity index (χ0) is 16.2. The van der Waals surface area contributed by atoms with Gasteiger partial charge in [0.1, 0.15) is 6.10 Å². The average molecular weight is 318 g/mol. The lowest BCUT2D eigenvalue weighted by Gasteiger charge is -2.35. The molecule has 126 valence electrons. The summed E-state index contributed by atoms with van der Waals surface area (Å²) in [6.07, 6.45) is 2.56. The Labute approximate surface area is 137 Å². The van der Waals surface area contributed by atoms with Crippen LogP contribution in [0.15, 0.2) is 30.3 Å². The highest BCUT2D eigenvalue weighted by atomic mass is 16.5. The Balaban J connectivity index is 1.51. The maximum Gasteiger partial charge on any atom is 0.251 e. The van der Waals surface area contributed by atoms with E-state index in [-0.39, 0.29) is 24.0 Å². The Morgan fingerprint density at radius 2 is 1.91 bits per heavy atom. The first kappa shape index (κ1) is 16.4. The first-order chi connectivity index (χ1) is 11.2. The van der Waals surface area contributed by atoms with Crippen LogP contribution in [0.3, 0.4) is 0 Å². The number of carbonyl (C=O) groups excluding carboxylic acids is 1. The van der Waals surface area contributed by atoms with Crippen molar-refractivity contribution in [2.75, 3.05) is 19.6 Å². The lowest BCUT2D eigenvalue weighted by Crippen LogP contribution is -2.44. The van der Waals surface area contributed by atoms with Crippen molar-refractivity contribution in [2.24, 2.45) is 11.7 Å². The fourth-order valence-corrected chi connectivity index (χ4v) is 3.62. The molecule has 2 aliphatic rings. The molecule has 0 saturated carbocycles. The lowest BCUT2D eigenvalue weighted by molar-refractivity contribution is -0.144. The predicted octanol–water partition coefficient (Wildman–Crippen LogP) is 1.46. The zero-order valence-corrected chi connectivity index (χ0v) is 13.4. The summed E-state index contributed by atoms with van der Waals surface area (Å²) in [6.45, 7) is 1.87. The molecule has 1 amide bonds. The molecule has 2 saturated heterocycles. The molecule has 0 spiro atoms. The molecule has 1 aromatic rings. The summed E-state index contributed by atoms with van der Waals surface area (Å²) in [5.74, 6) is 0.302. The van der Waals surface area contributed by atoms with Crippen molar-refractivity contribution in [2.45, 2.75) is 44.0 Å². The second-order valence-corrected chi connectivity index (χ2v) is 6.58. The predicted molar refractivity (Wildman–Crippen MR) is 87.7 cm³/mol. The SMILES string of the molecule is NC[C@H]1CC[C@@H](C(=O)N2CCC(C(O)c3ccccc3)CC2)O1. The van der Waals surface area contributed by atoms with Crippen molar-refractivity contribution in [3.05, 3.63) is 35.9 Å². The summed E-state index contributed by atoms with van der Waals surface area (Å²) in [4.78, 5) is 14.4. The highest BCUT2D eigenvalue weighted by Crippen LogP contribution is 2.31. The van der Waals surface area contributed by atoms with E-state index in [0.29, 0.717) is 19.6 Å². The Kier molecular flexibility index (Phi) is 5.30. The minimum Gasteiger partial charge on any atom is -0.388 e. The Morgan fingerprint density at radius 1 is 1.22 bits per heavy atom. The minimum absolute atomic E-state index is 0.0291. The molecule has 23 heavy (non-hydrogen) atoms. The third-order valence-corrected chi connectivity index (χ3v) is 5.08. The van der Waals surface area contributed by atoms with Gasteiger partial charge < -0.3 is 20.5 Å². The van der Waals surface area contributed by atoms with Crippen molar-refractivity contribution in [1.82, 2.24) is 4.90 Å². The van der Waals surface area contributed by atoms with Gasteiger partial charge in [-0.25, -0.2) is 0 Å². The van der Waals surface area contributed by atoms with Gasteiger partial charge in [0, 0.05) is 19.6 Å². The van der Waals surface area contributed by atoms with Crippen LogP contribution < -0.4 is 5.73 Å². The van der Waals surface area contributed by atoms with E-state index in [1.54, 1.807) is 0 Å². The quantitative estimate of drug-likeness (QED) is 0.881. The van der Waals surface area contributed by atoms with Gasteiger partial charge in [-0.1, -0.05) is 30.3 Å². The number of nitrogens with two attached hydrogens (primary N) is 1. The van der Waals surface area contributed by atoms with Crippen molar-refractivity contribution < 1.29 is 14.6 Å². The number of likely N-dealkylation sites (tertiary alicyclic amines) is 1. The Hall–Kier alpha value is -1.43. The highest BCUT2D eigenvalue weighted by molar-refractivity contribution is 5.81. The third kappa shape index (κ3) is 3.74. The van der Waals surface area contributed by atoms with E-state index >= 15 is 0 Å². The topological polar surface area (TPSA) is 75.8 Å². The van der Waals surface area contributed by atoms with Gasteiger partial charge >= 0.3 is 0 Å². The maximum atomic E-state index is 12.5. The fourth-order valence-electron chi connectivity index (χ4n) is 3.62. The van der Waals surface area contributed by atoms with Crippen LogP contribution in [0.2, 0.25) is 0 Å². The number of aliphatic hydroxyl groups is 1. The van der Waals surface area contributed by atoms with Crippen molar-refractivity contribution in [1.29, 1.82) is 0 Å². The molecule has 0 radical (unpaired) electrons. The number of hydrogen-bond acceptors (Lipinski definition) is 4. The molecular formula is C18H26N2O3. The largest absolute Gasteiger partial charge is 0.388 e. The molecule has 2 heterocycles. The molecule has 5 nitrogen and oxygen atoms in total. The normalized spacial score (nSPS) is 27.1. The number of piperidine rings is 1. The van der Waals surface area contributed by atoms with Gasteiger partial charge in [-0.15, -0.1) is 0 Å². The van der Waals surface area contributed by atoms with Gasteiger partial charge in [0.25, 0.3) is 5.91 Å². The molecule has 1 unspecified atom stereocenters. The van der Waals surface area contributed by atoms with E-state index in [1.807, 2.05) is 35.2 Å². The molecule has 1 aromatic carbocycles. The molecule has 3 atom stereocenters. The van der Waals surface area contributed by atoms with Gasteiger partial charge in [0.15, 0.2) is 0 Å². The molecule has 2 fully saturated rings. The van der Waals surface area contributed by atoms with E-state index in [0.717, 1.165) is 31.2 Å². The zero-order valence-electron chi connectivity index (χ0n) is 13.4. The van der Waals surface area contributed by atoms with Crippen LogP contribution in [0.1, 0.15) is 37.4 Å². The molecule has 2 aliphatic heterocycles. The molecule has 3 rings (SSSR count). The smallest absolute Gasteiger partial charge is 0.251 e. The summed E-state index contributed by atoms with van der Waals surface area (Å²) in [5, 5.41) is 10.5. The van der Waals surface area contributed by atoms with E-state index in [1.165, 1.54) is 0 Å². The van der Waals surface area contributed by atoms with Crippen LogP contribution in [-0.4, -0.2) is 47.8 Å². The molecule has 3 N–H and O–H groups in total. The Morgan fingerprint density at radius 3 is 2.52 bits per heavy atom. The van der Waals surface area contributed by atoms with Crippen LogP contribution in [0, 0.1) is 5.92 Å². The van der Waals surface area contributed by atoms with Crippen LogP contribution >= 0.6 is 0 Å². The minimum atomic E-state index is -0.446. The molecule has 0 aliphatic carbocycles. The van der Waals surface area contributed by atoms with E-state index in [2.05, 4.69) is 0 Å². The molecule has 5 heteroatoms. The van der Waals surface area contributed by atoms with E-state index < -0.39 is 6.10 Å². The number of benzene rings is 1. The van der Waals surface area contributed by atoms with Gasteiger partial charge in [0.2, 0.25) is 0 Å². The van der Waals surface area contributed by atoms with Crippen molar-refractivity contribution in [3.63, 3.8) is 0 Å². The monoisotopic (exact) mass is 318 g/mol. The number of carbonyl (C=O) groups is 1. The Bertz CT molecular complexity index is 514. The van der Waals surface area contributed by atoms with Gasteiger partial charge in [0.05, 0.1) is 12.2 Å². The van der Waals surface area contributed by atoms with E-state index in [9.17, 15) is 9.90 Å². The summed E-state index contributed by atoms with van der Waals surface area (Å²) in [6, 6.07) is 9.77. The summed E-state index contributed by atoms with van der Waals surface area (Å²) < 4.78 is 5.70. The maximum absolute atomic E-state index is 12.5. The third-order valence-electron chi connectivity index (χ3n) is 5.08. The number of hydrogen-bond donors (Lipinski definition) is 2. The number of ether oxygens (including phenoxy) is 1. The van der Waals surface area contributed by atoms with Crippen molar-refractivity contribution in [3.8, 4) is 0 Å². The number of nitrogens with zero attached hydrogens (tertiary/aromatic N) is 1. The summed E-state index contributed by atoms with van der Waals surface area (Å²) in [5.41, 5.74) is 6.56. The standard InChI is InChI=1S/C18H26N2O3/c19-12-15-6-7-16(23-15)18(22)20-10-8-14(9-11-20)17(21)13-4-2-1-3-5-13/h1-5,14-17,21H,6-12,19H2/t15-,16+,17?/m1/s1. The summed E-state index contributed by atoms with van der Waals surface area (Å²) in [7, 11) is 0. The number of amides is 1. The highest BCUT2D eigenvalue weighted by Gasteiger charge is 2.35. The molecule has 0 bridgehead atoms. The number of aliphatic hydroxyl groups excluding tert-OH is 1. The molecular weight excluding hydrogens is 292 g/mol. The summed E-state index contributed by atoms with van der Waals surface area (Å²) >= 11 is 0. The van der Waals surface area contributed by atoms with Gasteiger partial charge in [-0.3, -0.25) is 4.79 Å². The van der Waals surface area contributed by atoms with Crippen LogP contribution in [0.25, 0.3) is 0 Å². The fraction of sp³-hybridized carbons (Fsp3) is 0.611.